The van der Waals surface area contributed by atoms with Crippen LogP contribution in [-0.2, 0) is 0 Å². The average Bonchev–Trinajstić information content (AvgIpc) is 2.93. The minimum Gasteiger partial charge on any atom is -0.481 e. The highest BCUT2D eigenvalue weighted by Crippen LogP contribution is 2.38. The molecule has 2 heterocycles. The number of hydrogen-bond donors (Lipinski definition) is 1. The predicted molar refractivity (Wildman–Crippen MR) is 152 cm³/mol. The normalized spacial score (nSPS) is 10.8. The van der Waals surface area contributed by atoms with Crippen molar-refractivity contribution in [3.8, 4) is 34.0 Å². The molecule has 0 fully saturated rings. The molecule has 0 bridgehead atoms. The molecular formula is C30H32F2N4O4. The van der Waals surface area contributed by atoms with Gasteiger partial charge in [-0.05, 0) is 64.9 Å². The molecule has 10 heteroatoms. The van der Waals surface area contributed by atoms with Crippen molar-refractivity contribution in [1.29, 1.82) is 0 Å². The quantitative estimate of drug-likeness (QED) is 0.144. The summed E-state index contributed by atoms with van der Waals surface area (Å²) in [6.45, 7) is 7.56. The van der Waals surface area contributed by atoms with Crippen molar-refractivity contribution in [3.63, 3.8) is 0 Å². The van der Waals surface area contributed by atoms with Crippen molar-refractivity contribution in [2.75, 3.05) is 20.0 Å². The standard InChI is InChI=1S/C15H15FN2O3.C15H17FN2O/c1-9(2)12-7-11(16)8-13(15(12)18(19)20)10-4-5-17-14(6-10)21-3;1-9(2)12-7-11(16)8-13(15(12)17)10-4-5-18-14(6-10)19-3/h4-9H,1-3H3;4-9H,17H2,1-3H3. The van der Waals surface area contributed by atoms with E-state index in [4.69, 9.17) is 15.2 Å². The predicted octanol–water partition coefficient (Wildman–Crippen LogP) is 7.53. The monoisotopic (exact) mass is 550 g/mol. The van der Waals surface area contributed by atoms with E-state index in [1.807, 2.05) is 13.8 Å². The number of halogens is 2. The Balaban J connectivity index is 0.000000222. The zero-order valence-electron chi connectivity index (χ0n) is 23.2. The van der Waals surface area contributed by atoms with Crippen LogP contribution in [0.15, 0.2) is 60.9 Å². The molecule has 0 atom stereocenters. The van der Waals surface area contributed by atoms with E-state index in [1.54, 1.807) is 51.4 Å². The number of benzene rings is 2. The molecule has 4 aromatic rings. The highest BCUT2D eigenvalue weighted by molar-refractivity contribution is 5.79. The number of pyridine rings is 2. The van der Waals surface area contributed by atoms with Crippen LogP contribution in [0, 0.1) is 21.7 Å². The molecule has 0 amide bonds. The first-order chi connectivity index (χ1) is 19.0. The molecule has 40 heavy (non-hydrogen) atoms. The molecule has 0 aliphatic heterocycles. The molecule has 0 spiro atoms. The lowest BCUT2D eigenvalue weighted by atomic mass is 9.94. The number of nitro benzene ring substituents is 1. The van der Waals surface area contributed by atoms with Crippen molar-refractivity contribution in [3.05, 3.63) is 93.8 Å². The molecule has 0 aliphatic rings. The van der Waals surface area contributed by atoms with Crippen LogP contribution in [0.2, 0.25) is 0 Å². The summed E-state index contributed by atoms with van der Waals surface area (Å²) < 4.78 is 37.7. The second kappa shape index (κ2) is 13.0. The summed E-state index contributed by atoms with van der Waals surface area (Å²) in [5, 5.41) is 11.4. The maximum absolute atomic E-state index is 13.8. The van der Waals surface area contributed by atoms with Gasteiger partial charge in [-0.2, -0.15) is 0 Å². The first-order valence-corrected chi connectivity index (χ1v) is 12.5. The Hall–Kier alpha value is -4.60. The molecule has 0 saturated heterocycles. The number of ether oxygens (including phenoxy) is 2. The fraction of sp³-hybridized carbons (Fsp3) is 0.267. The number of nitrogens with zero attached hydrogens (tertiary/aromatic N) is 3. The highest BCUT2D eigenvalue weighted by Gasteiger charge is 2.24. The zero-order valence-corrected chi connectivity index (χ0v) is 23.2. The van der Waals surface area contributed by atoms with Gasteiger partial charge < -0.3 is 15.2 Å². The number of nitrogens with two attached hydrogens (primary N) is 1. The van der Waals surface area contributed by atoms with Crippen LogP contribution in [0.25, 0.3) is 22.3 Å². The van der Waals surface area contributed by atoms with Crippen LogP contribution in [0.1, 0.15) is 50.7 Å². The Kier molecular flexibility index (Phi) is 9.71. The number of methoxy groups -OCH3 is 2. The molecule has 2 N–H and O–H groups in total. The van der Waals surface area contributed by atoms with Gasteiger partial charge >= 0.3 is 0 Å². The van der Waals surface area contributed by atoms with Crippen LogP contribution in [0.4, 0.5) is 20.2 Å². The summed E-state index contributed by atoms with van der Waals surface area (Å²) in [6.07, 6.45) is 3.09. The molecule has 8 nitrogen and oxygen atoms in total. The molecular weight excluding hydrogens is 518 g/mol. The Bertz CT molecular complexity index is 1510. The third kappa shape index (κ3) is 6.88. The Morgan fingerprint density at radius 1 is 0.775 bits per heavy atom. The van der Waals surface area contributed by atoms with Crippen molar-refractivity contribution < 1.29 is 23.2 Å². The first kappa shape index (κ1) is 29.9. The minimum atomic E-state index is -0.505. The Morgan fingerprint density at radius 2 is 1.23 bits per heavy atom. The number of nitrogen functional groups attached to an aromatic ring is 1. The largest absolute Gasteiger partial charge is 0.481 e. The van der Waals surface area contributed by atoms with Gasteiger partial charge in [-0.3, -0.25) is 10.1 Å². The number of rotatable bonds is 7. The third-order valence-corrected chi connectivity index (χ3v) is 6.22. The van der Waals surface area contributed by atoms with Crippen molar-refractivity contribution in [2.24, 2.45) is 0 Å². The second-order valence-corrected chi connectivity index (χ2v) is 9.59. The van der Waals surface area contributed by atoms with Gasteiger partial charge in [0.15, 0.2) is 0 Å². The lowest BCUT2D eigenvalue weighted by molar-refractivity contribution is -0.385. The molecule has 2 aromatic heterocycles. The van der Waals surface area contributed by atoms with Gasteiger partial charge in [-0.1, -0.05) is 27.7 Å². The van der Waals surface area contributed by atoms with E-state index in [1.165, 1.54) is 37.6 Å². The summed E-state index contributed by atoms with van der Waals surface area (Å²) in [5.41, 5.74) is 10.0. The van der Waals surface area contributed by atoms with Gasteiger partial charge in [0.2, 0.25) is 11.8 Å². The first-order valence-electron chi connectivity index (χ1n) is 12.5. The van der Waals surface area contributed by atoms with Gasteiger partial charge in [0.05, 0.1) is 24.7 Å². The van der Waals surface area contributed by atoms with Crippen molar-refractivity contribution in [2.45, 2.75) is 39.5 Å². The smallest absolute Gasteiger partial charge is 0.280 e. The SMILES string of the molecule is COc1cc(-c2cc(F)cc(C(C)C)c2N)ccn1.COc1cc(-c2cc(F)cc(C(C)C)c2[N+](=O)[O-])ccn1. The molecule has 0 aliphatic carbocycles. The number of anilines is 1. The van der Waals surface area contributed by atoms with E-state index >= 15 is 0 Å². The van der Waals surface area contributed by atoms with E-state index in [2.05, 4.69) is 9.97 Å². The summed E-state index contributed by atoms with van der Waals surface area (Å²) >= 11 is 0. The number of nitro groups is 1. The average molecular weight is 551 g/mol. The number of aromatic nitrogens is 2. The molecule has 210 valence electrons. The molecule has 2 aromatic carbocycles. The van der Waals surface area contributed by atoms with Crippen molar-refractivity contribution in [1.82, 2.24) is 9.97 Å². The van der Waals surface area contributed by atoms with Crippen LogP contribution in [-0.4, -0.2) is 29.1 Å². The van der Waals surface area contributed by atoms with Crippen LogP contribution >= 0.6 is 0 Å². The fourth-order valence-corrected chi connectivity index (χ4v) is 4.22. The van der Waals surface area contributed by atoms with Gasteiger partial charge in [-0.25, -0.2) is 18.7 Å². The topological polar surface area (TPSA) is 113 Å². The summed E-state index contributed by atoms with van der Waals surface area (Å²) in [4.78, 5) is 18.9. The van der Waals surface area contributed by atoms with E-state index < -0.39 is 10.7 Å². The third-order valence-electron chi connectivity index (χ3n) is 6.22. The highest BCUT2D eigenvalue weighted by atomic mass is 19.1. The lowest BCUT2D eigenvalue weighted by Gasteiger charge is -2.14. The van der Waals surface area contributed by atoms with Crippen molar-refractivity contribution >= 4 is 11.4 Å². The van der Waals surface area contributed by atoms with Crippen LogP contribution < -0.4 is 15.2 Å². The van der Waals surface area contributed by atoms with E-state index in [0.717, 1.165) is 11.1 Å². The molecule has 0 saturated carbocycles. The second-order valence-electron chi connectivity index (χ2n) is 9.59. The fourth-order valence-electron chi connectivity index (χ4n) is 4.22. The molecule has 4 rings (SSSR count). The zero-order chi connectivity index (χ0) is 29.6. The van der Waals surface area contributed by atoms with Crippen LogP contribution in [0.5, 0.6) is 11.8 Å². The van der Waals surface area contributed by atoms with E-state index in [-0.39, 0.29) is 28.9 Å². The van der Waals surface area contributed by atoms with E-state index in [0.29, 0.717) is 34.1 Å². The lowest BCUT2D eigenvalue weighted by Crippen LogP contribution is -2.01. The molecule has 0 unspecified atom stereocenters. The van der Waals surface area contributed by atoms with Gasteiger partial charge in [0, 0.05) is 41.3 Å². The maximum atomic E-state index is 13.8. The Morgan fingerprint density at radius 3 is 1.68 bits per heavy atom. The van der Waals surface area contributed by atoms with Gasteiger partial charge in [0.25, 0.3) is 5.69 Å². The van der Waals surface area contributed by atoms with Gasteiger partial charge in [0.1, 0.15) is 11.6 Å². The van der Waals surface area contributed by atoms with E-state index in [9.17, 15) is 18.9 Å². The number of hydrogen-bond acceptors (Lipinski definition) is 7. The summed E-state index contributed by atoms with van der Waals surface area (Å²) in [6, 6.07) is 12.0. The molecule has 0 radical (unpaired) electrons. The summed E-state index contributed by atoms with van der Waals surface area (Å²) in [5.74, 6) is 0.00457. The minimum absolute atomic E-state index is 0.0837. The van der Waals surface area contributed by atoms with Gasteiger partial charge in [-0.15, -0.1) is 0 Å². The Labute approximate surface area is 232 Å². The summed E-state index contributed by atoms with van der Waals surface area (Å²) in [7, 11) is 2.99. The maximum Gasteiger partial charge on any atom is 0.280 e. The van der Waals surface area contributed by atoms with Crippen LogP contribution in [0.3, 0.4) is 0 Å².